The van der Waals surface area contributed by atoms with E-state index in [4.69, 9.17) is 0 Å². The number of rotatable bonds is 4. The van der Waals surface area contributed by atoms with Gasteiger partial charge in [-0.1, -0.05) is 6.92 Å². The lowest BCUT2D eigenvalue weighted by atomic mass is 10.1. The molecule has 0 radical (unpaired) electrons. The monoisotopic (exact) mass is 220 g/mol. The second-order valence-electron chi connectivity index (χ2n) is 2.76. The van der Waals surface area contributed by atoms with Crippen molar-refractivity contribution in [1.29, 1.82) is 0 Å². The highest BCUT2D eigenvalue weighted by Crippen LogP contribution is 2.28. The summed E-state index contributed by atoms with van der Waals surface area (Å²) in [6.07, 6.45) is -3.84. The molecule has 0 aromatic carbocycles. The average molecular weight is 220 g/mol. The Kier molecular flexibility index (Phi) is 4.18. The van der Waals surface area contributed by atoms with Crippen molar-refractivity contribution in [3.8, 4) is 0 Å². The van der Waals surface area contributed by atoms with Gasteiger partial charge in [0.2, 0.25) is 0 Å². The molecule has 0 N–H and O–H groups in total. The molecule has 0 aliphatic heterocycles. The molecule has 0 fully saturated rings. The van der Waals surface area contributed by atoms with Gasteiger partial charge in [0.1, 0.15) is 0 Å². The summed E-state index contributed by atoms with van der Waals surface area (Å²) in [6.45, 7) is 0.547. The summed E-state index contributed by atoms with van der Waals surface area (Å²) in [5.74, 6) is -1.55. The highest BCUT2D eigenvalue weighted by Gasteiger charge is 2.35. The molecule has 0 spiro atoms. The van der Waals surface area contributed by atoms with E-state index in [0.29, 0.717) is 0 Å². The van der Waals surface area contributed by atoms with Gasteiger partial charge >= 0.3 is 6.18 Å². The molecule has 0 aliphatic rings. The van der Waals surface area contributed by atoms with Crippen LogP contribution >= 0.6 is 0 Å². The zero-order valence-corrected chi connectivity index (χ0v) is 8.07. The smallest absolute Gasteiger partial charge is 0.270 e. The quantitative estimate of drug-likeness (QED) is 0.675. The van der Waals surface area contributed by atoms with Crippen molar-refractivity contribution >= 4 is 10.1 Å². The second kappa shape index (κ2) is 4.28. The Hall–Kier alpha value is -0.300. The fourth-order valence-electron chi connectivity index (χ4n) is 0.540. The van der Waals surface area contributed by atoms with Gasteiger partial charge in [-0.2, -0.15) is 21.6 Å². The molecule has 80 valence electrons. The minimum Gasteiger partial charge on any atom is -0.270 e. The third-order valence-corrected chi connectivity index (χ3v) is 2.00. The summed E-state index contributed by atoms with van der Waals surface area (Å²) in [5.41, 5.74) is 0. The molecular weight excluding hydrogens is 209 g/mol. The molecule has 0 aliphatic carbocycles. The SMILES string of the molecule is CC(CCOS(C)(=O)=O)C(F)(F)F. The Morgan fingerprint density at radius 3 is 2.15 bits per heavy atom. The molecule has 0 heterocycles. The summed E-state index contributed by atoms with van der Waals surface area (Å²) in [5, 5.41) is 0. The molecule has 13 heavy (non-hydrogen) atoms. The maximum absolute atomic E-state index is 11.9. The lowest BCUT2D eigenvalue weighted by Crippen LogP contribution is -2.21. The van der Waals surface area contributed by atoms with Crippen LogP contribution in [0.25, 0.3) is 0 Å². The van der Waals surface area contributed by atoms with Gasteiger partial charge in [0.15, 0.2) is 0 Å². The Bertz CT molecular complexity index is 244. The minimum atomic E-state index is -4.29. The van der Waals surface area contributed by atoms with Crippen LogP contribution in [0.2, 0.25) is 0 Å². The van der Waals surface area contributed by atoms with Crippen LogP contribution in [0.15, 0.2) is 0 Å². The van der Waals surface area contributed by atoms with Crippen LogP contribution in [0.4, 0.5) is 13.2 Å². The number of hydrogen-bond acceptors (Lipinski definition) is 3. The lowest BCUT2D eigenvalue weighted by molar-refractivity contribution is -0.172. The van der Waals surface area contributed by atoms with Crippen molar-refractivity contribution in [3.63, 3.8) is 0 Å². The van der Waals surface area contributed by atoms with Crippen molar-refractivity contribution in [3.05, 3.63) is 0 Å². The maximum atomic E-state index is 11.9. The average Bonchev–Trinajstić information content (AvgIpc) is 1.82. The molecule has 1 unspecified atom stereocenters. The molecule has 0 saturated heterocycles. The fraction of sp³-hybridized carbons (Fsp3) is 1.00. The largest absolute Gasteiger partial charge is 0.391 e. The predicted molar refractivity (Wildman–Crippen MR) is 40.6 cm³/mol. The third-order valence-electron chi connectivity index (χ3n) is 1.41. The van der Waals surface area contributed by atoms with Crippen molar-refractivity contribution < 1.29 is 25.8 Å². The first kappa shape index (κ1) is 12.7. The summed E-state index contributed by atoms with van der Waals surface area (Å²) in [7, 11) is -3.63. The number of hydrogen-bond donors (Lipinski definition) is 0. The Labute approximate surface area is 75.0 Å². The van der Waals surface area contributed by atoms with E-state index in [1.165, 1.54) is 0 Å². The maximum Gasteiger partial charge on any atom is 0.391 e. The van der Waals surface area contributed by atoms with Gasteiger partial charge in [-0.15, -0.1) is 0 Å². The highest BCUT2D eigenvalue weighted by atomic mass is 32.2. The van der Waals surface area contributed by atoms with E-state index in [2.05, 4.69) is 4.18 Å². The molecule has 0 rings (SSSR count). The molecule has 1 atom stereocenters. The van der Waals surface area contributed by atoms with Crippen LogP contribution in [-0.4, -0.2) is 27.5 Å². The van der Waals surface area contributed by atoms with Crippen LogP contribution in [-0.2, 0) is 14.3 Å². The molecule has 0 saturated carbocycles. The zero-order chi connectivity index (χ0) is 10.7. The van der Waals surface area contributed by atoms with E-state index in [9.17, 15) is 21.6 Å². The van der Waals surface area contributed by atoms with Gasteiger partial charge in [-0.05, 0) is 6.42 Å². The highest BCUT2D eigenvalue weighted by molar-refractivity contribution is 7.85. The lowest BCUT2D eigenvalue weighted by Gasteiger charge is -2.14. The van der Waals surface area contributed by atoms with Crippen molar-refractivity contribution in [2.45, 2.75) is 19.5 Å². The molecule has 0 amide bonds. The van der Waals surface area contributed by atoms with E-state index in [-0.39, 0.29) is 6.42 Å². The number of alkyl halides is 3. The third kappa shape index (κ3) is 6.83. The van der Waals surface area contributed by atoms with Gasteiger partial charge in [0, 0.05) is 0 Å². The normalized spacial score (nSPS) is 15.8. The molecular formula is C6H11F3O3S. The van der Waals surface area contributed by atoms with Gasteiger partial charge in [-0.3, -0.25) is 4.18 Å². The molecule has 7 heteroatoms. The van der Waals surface area contributed by atoms with Crippen LogP contribution in [0.5, 0.6) is 0 Å². The van der Waals surface area contributed by atoms with E-state index in [1.54, 1.807) is 0 Å². The Morgan fingerprint density at radius 1 is 1.38 bits per heavy atom. The first-order valence-electron chi connectivity index (χ1n) is 3.54. The Morgan fingerprint density at radius 2 is 1.85 bits per heavy atom. The van der Waals surface area contributed by atoms with Gasteiger partial charge in [0.25, 0.3) is 10.1 Å². The molecule has 0 aromatic heterocycles. The van der Waals surface area contributed by atoms with Crippen molar-refractivity contribution in [2.24, 2.45) is 5.92 Å². The molecule has 0 aromatic rings. The second-order valence-corrected chi connectivity index (χ2v) is 4.40. The first-order chi connectivity index (χ1) is 5.63. The topological polar surface area (TPSA) is 43.4 Å². The van der Waals surface area contributed by atoms with Crippen LogP contribution in [0.3, 0.4) is 0 Å². The summed E-state index contributed by atoms with van der Waals surface area (Å²) in [4.78, 5) is 0. The van der Waals surface area contributed by atoms with Gasteiger partial charge in [-0.25, -0.2) is 0 Å². The summed E-state index contributed by atoms with van der Waals surface area (Å²) < 4.78 is 60.5. The summed E-state index contributed by atoms with van der Waals surface area (Å²) >= 11 is 0. The van der Waals surface area contributed by atoms with Crippen molar-refractivity contribution in [1.82, 2.24) is 0 Å². The minimum absolute atomic E-state index is 0.351. The zero-order valence-electron chi connectivity index (χ0n) is 7.26. The number of halogens is 3. The van der Waals surface area contributed by atoms with E-state index in [0.717, 1.165) is 13.2 Å². The van der Waals surface area contributed by atoms with E-state index >= 15 is 0 Å². The standard InChI is InChI=1S/C6H11F3O3S/c1-5(6(7,8)9)3-4-12-13(2,10)11/h5H,3-4H2,1-2H3. The molecule has 3 nitrogen and oxygen atoms in total. The van der Waals surface area contributed by atoms with Gasteiger partial charge in [0.05, 0.1) is 18.8 Å². The fourth-order valence-corrected chi connectivity index (χ4v) is 0.939. The van der Waals surface area contributed by atoms with E-state index in [1.807, 2.05) is 0 Å². The Balaban J connectivity index is 3.80. The summed E-state index contributed by atoms with van der Waals surface area (Å²) in [6, 6.07) is 0. The van der Waals surface area contributed by atoms with Crippen LogP contribution in [0, 0.1) is 5.92 Å². The first-order valence-corrected chi connectivity index (χ1v) is 5.35. The molecule has 0 bridgehead atoms. The predicted octanol–water partition coefficient (Wildman–Crippen LogP) is 1.55. The van der Waals surface area contributed by atoms with E-state index < -0.39 is 28.8 Å². The van der Waals surface area contributed by atoms with Crippen molar-refractivity contribution in [2.75, 3.05) is 12.9 Å². The van der Waals surface area contributed by atoms with Gasteiger partial charge < -0.3 is 0 Å². The van der Waals surface area contributed by atoms with Crippen LogP contribution < -0.4 is 0 Å². The van der Waals surface area contributed by atoms with Crippen LogP contribution in [0.1, 0.15) is 13.3 Å².